The molecular weight excluding hydrogens is 454 g/mol. The molecule has 0 fully saturated rings. The normalized spacial score (nSPS) is 17.5. The predicted molar refractivity (Wildman–Crippen MR) is 136 cm³/mol. The first-order chi connectivity index (χ1) is 17.5. The van der Waals surface area contributed by atoms with E-state index >= 15 is 0 Å². The van der Waals surface area contributed by atoms with Crippen LogP contribution in [0.4, 0.5) is 0 Å². The van der Waals surface area contributed by atoms with Crippen molar-refractivity contribution in [1.82, 2.24) is 15.2 Å². The number of nitrogens with one attached hydrogen (secondary N) is 1. The third-order valence-corrected chi connectivity index (χ3v) is 6.51. The highest BCUT2D eigenvalue weighted by molar-refractivity contribution is 5.94. The Bertz CT molecular complexity index is 1270. The van der Waals surface area contributed by atoms with Crippen molar-refractivity contribution in [3.05, 3.63) is 83.2 Å². The highest BCUT2D eigenvalue weighted by Gasteiger charge is 2.32. The minimum Gasteiger partial charge on any atom is -0.494 e. The van der Waals surface area contributed by atoms with E-state index in [1.165, 1.54) is 6.20 Å². The average Bonchev–Trinajstić information content (AvgIpc) is 2.87. The SMILES string of the molecule is CC(C)CC(=O)N1CCc2cc3ccc2C1c1cccc(c1)OCCCNC(=O)c1cncc(c1)O3. The number of benzene rings is 2. The summed E-state index contributed by atoms with van der Waals surface area (Å²) in [5.41, 5.74) is 3.70. The average molecular weight is 486 g/mol. The first kappa shape index (κ1) is 23.9. The molecule has 0 spiro atoms. The minimum absolute atomic E-state index is 0.160. The van der Waals surface area contributed by atoms with E-state index in [1.807, 2.05) is 41.3 Å². The van der Waals surface area contributed by atoms with E-state index < -0.39 is 0 Å². The molecule has 0 saturated carbocycles. The molecule has 8 bridgehead atoms. The zero-order valence-corrected chi connectivity index (χ0v) is 20.7. The van der Waals surface area contributed by atoms with Gasteiger partial charge in [0.25, 0.3) is 5.91 Å². The van der Waals surface area contributed by atoms with Crippen LogP contribution >= 0.6 is 0 Å². The number of ether oxygens (including phenoxy) is 2. The number of hydrogen-bond acceptors (Lipinski definition) is 5. The summed E-state index contributed by atoms with van der Waals surface area (Å²) in [6.45, 7) is 5.72. The number of aromatic nitrogens is 1. The van der Waals surface area contributed by atoms with Crippen LogP contribution in [-0.4, -0.2) is 41.4 Å². The molecule has 7 heteroatoms. The summed E-state index contributed by atoms with van der Waals surface area (Å²) in [7, 11) is 0. The van der Waals surface area contributed by atoms with Gasteiger partial charge in [-0.1, -0.05) is 32.0 Å². The standard InChI is InChI=1S/C29H31N3O4/c1-19(2)13-27(33)32-11-9-20-14-24-7-8-26(20)28(32)21-5-3-6-23(15-21)35-12-4-10-31-29(34)22-16-25(36-24)18-30-17-22/h3,5-8,14-19,28H,4,9-13H2,1-2H3,(H,31,34). The Morgan fingerprint density at radius 2 is 2.00 bits per heavy atom. The van der Waals surface area contributed by atoms with Crippen LogP contribution in [0.25, 0.3) is 0 Å². The van der Waals surface area contributed by atoms with E-state index in [9.17, 15) is 9.59 Å². The van der Waals surface area contributed by atoms with Gasteiger partial charge in [-0.05, 0) is 65.8 Å². The summed E-state index contributed by atoms with van der Waals surface area (Å²) in [6, 6.07) is 15.5. The Morgan fingerprint density at radius 3 is 2.86 bits per heavy atom. The van der Waals surface area contributed by atoms with E-state index in [4.69, 9.17) is 9.47 Å². The zero-order valence-electron chi connectivity index (χ0n) is 20.7. The molecule has 1 unspecified atom stereocenters. The molecule has 186 valence electrons. The van der Waals surface area contributed by atoms with Gasteiger partial charge in [-0.2, -0.15) is 0 Å². The Labute approximate surface area is 211 Å². The maximum Gasteiger partial charge on any atom is 0.252 e. The summed E-state index contributed by atoms with van der Waals surface area (Å²) >= 11 is 0. The largest absolute Gasteiger partial charge is 0.494 e. The van der Waals surface area contributed by atoms with Gasteiger partial charge in [0.05, 0.1) is 24.4 Å². The van der Waals surface area contributed by atoms with Crippen LogP contribution in [0.5, 0.6) is 17.2 Å². The summed E-state index contributed by atoms with van der Waals surface area (Å²) in [5.74, 6) is 2.17. The van der Waals surface area contributed by atoms with Crippen LogP contribution in [0, 0.1) is 5.92 Å². The molecule has 7 nitrogen and oxygen atoms in total. The summed E-state index contributed by atoms with van der Waals surface area (Å²) in [4.78, 5) is 32.0. The molecule has 0 saturated heterocycles. The number of pyridine rings is 1. The van der Waals surface area contributed by atoms with Gasteiger partial charge in [0.15, 0.2) is 0 Å². The first-order valence-electron chi connectivity index (χ1n) is 12.5. The first-order valence-corrected chi connectivity index (χ1v) is 12.5. The molecule has 2 amide bonds. The molecule has 4 heterocycles. The highest BCUT2D eigenvalue weighted by Crippen LogP contribution is 2.39. The monoisotopic (exact) mass is 485 g/mol. The van der Waals surface area contributed by atoms with Crippen LogP contribution in [0.2, 0.25) is 0 Å². The zero-order chi connectivity index (χ0) is 25.1. The smallest absolute Gasteiger partial charge is 0.252 e. The number of carbonyl (C=O) groups is 2. The van der Waals surface area contributed by atoms with Crippen molar-refractivity contribution in [1.29, 1.82) is 0 Å². The number of fused-ring (bicyclic) bond motifs is 6. The number of hydrogen-bond donors (Lipinski definition) is 1. The maximum absolute atomic E-state index is 13.3. The number of amides is 2. The summed E-state index contributed by atoms with van der Waals surface area (Å²) in [6.07, 6.45) is 5.04. The van der Waals surface area contributed by atoms with Crippen LogP contribution in [0.15, 0.2) is 60.9 Å². The van der Waals surface area contributed by atoms with Gasteiger partial charge < -0.3 is 19.7 Å². The second kappa shape index (κ2) is 10.4. The molecule has 1 aromatic heterocycles. The fourth-order valence-electron chi connectivity index (χ4n) is 4.84. The molecule has 36 heavy (non-hydrogen) atoms. The molecular formula is C29H31N3O4. The lowest BCUT2D eigenvalue weighted by Crippen LogP contribution is -2.41. The lowest BCUT2D eigenvalue weighted by atomic mass is 9.87. The van der Waals surface area contributed by atoms with Crippen molar-refractivity contribution in [2.45, 2.75) is 39.2 Å². The topological polar surface area (TPSA) is 80.8 Å². The molecule has 3 aromatic rings. The lowest BCUT2D eigenvalue weighted by Gasteiger charge is -2.38. The Morgan fingerprint density at radius 1 is 1.11 bits per heavy atom. The second-order valence-corrected chi connectivity index (χ2v) is 9.74. The molecule has 0 aliphatic carbocycles. The van der Waals surface area contributed by atoms with Gasteiger partial charge in [-0.3, -0.25) is 14.6 Å². The molecule has 1 atom stereocenters. The van der Waals surface area contributed by atoms with E-state index in [2.05, 4.69) is 30.2 Å². The minimum atomic E-state index is -0.199. The second-order valence-electron chi connectivity index (χ2n) is 9.74. The molecule has 0 radical (unpaired) electrons. The van der Waals surface area contributed by atoms with Crippen molar-refractivity contribution in [2.75, 3.05) is 19.7 Å². The van der Waals surface area contributed by atoms with E-state index in [0.717, 1.165) is 28.9 Å². The van der Waals surface area contributed by atoms with Gasteiger partial charge in [-0.15, -0.1) is 0 Å². The van der Waals surface area contributed by atoms with Gasteiger partial charge in [0.1, 0.15) is 17.2 Å². The van der Waals surface area contributed by atoms with Gasteiger partial charge >= 0.3 is 0 Å². The van der Waals surface area contributed by atoms with Crippen molar-refractivity contribution < 1.29 is 19.1 Å². The van der Waals surface area contributed by atoms with Crippen LogP contribution in [-0.2, 0) is 11.2 Å². The number of rotatable bonds is 2. The fraction of sp³-hybridized carbons (Fsp3) is 0.345. The Balaban J connectivity index is 1.57. The Kier molecular flexibility index (Phi) is 6.89. The predicted octanol–water partition coefficient (Wildman–Crippen LogP) is 4.91. The van der Waals surface area contributed by atoms with E-state index in [-0.39, 0.29) is 23.8 Å². The fourth-order valence-corrected chi connectivity index (χ4v) is 4.84. The highest BCUT2D eigenvalue weighted by atomic mass is 16.5. The van der Waals surface area contributed by atoms with Crippen molar-refractivity contribution in [3.8, 4) is 17.2 Å². The number of nitrogens with zero attached hydrogens (tertiary/aromatic N) is 2. The van der Waals surface area contributed by atoms with Crippen LogP contribution < -0.4 is 14.8 Å². The third-order valence-electron chi connectivity index (χ3n) is 6.51. The van der Waals surface area contributed by atoms with E-state index in [1.54, 1.807) is 12.3 Å². The quantitative estimate of drug-likeness (QED) is 0.558. The molecule has 3 aliphatic heterocycles. The van der Waals surface area contributed by atoms with Crippen LogP contribution in [0.3, 0.4) is 0 Å². The van der Waals surface area contributed by atoms with Crippen molar-refractivity contribution in [2.24, 2.45) is 5.92 Å². The molecule has 2 aromatic carbocycles. The van der Waals surface area contributed by atoms with Crippen LogP contribution in [0.1, 0.15) is 59.8 Å². The third kappa shape index (κ3) is 5.20. The molecule has 3 aliphatic rings. The Hall–Kier alpha value is -3.87. The van der Waals surface area contributed by atoms with Crippen molar-refractivity contribution >= 4 is 11.8 Å². The molecule has 6 rings (SSSR count). The summed E-state index contributed by atoms with van der Waals surface area (Å²) < 4.78 is 12.1. The van der Waals surface area contributed by atoms with Gasteiger partial charge in [0.2, 0.25) is 5.91 Å². The summed E-state index contributed by atoms with van der Waals surface area (Å²) in [5, 5.41) is 2.91. The van der Waals surface area contributed by atoms with Gasteiger partial charge in [-0.25, -0.2) is 0 Å². The lowest BCUT2D eigenvalue weighted by molar-refractivity contribution is -0.134. The molecule has 1 N–H and O–H groups in total. The maximum atomic E-state index is 13.3. The van der Waals surface area contributed by atoms with Gasteiger partial charge in [0, 0.05) is 25.7 Å². The van der Waals surface area contributed by atoms with E-state index in [0.29, 0.717) is 49.6 Å². The van der Waals surface area contributed by atoms with Crippen molar-refractivity contribution in [3.63, 3.8) is 0 Å². The number of carbonyl (C=O) groups excluding carboxylic acids is 2.